The Kier molecular flexibility index (Phi) is 7.12. The molecule has 0 N–H and O–H groups in total. The Morgan fingerprint density at radius 1 is 0.704 bits per heavy atom. The number of rotatable bonds is 9. The molecule has 0 aromatic heterocycles. The highest BCUT2D eigenvalue weighted by atomic mass is 19.4. The number of hydrogen-bond acceptors (Lipinski definition) is 2. The number of esters is 1. The molecule has 0 saturated carbocycles. The van der Waals surface area contributed by atoms with Crippen LogP contribution < -0.4 is 0 Å². The Bertz CT molecular complexity index is 524. The molecule has 0 aromatic rings. The van der Waals surface area contributed by atoms with E-state index in [1.54, 1.807) is 0 Å². The molecule has 0 radical (unpaired) electrons. The molecule has 0 aliphatic rings. The topological polar surface area (TPSA) is 26.3 Å². The van der Waals surface area contributed by atoms with Gasteiger partial charge in [0.15, 0.2) is 0 Å². The van der Waals surface area contributed by atoms with Crippen molar-refractivity contribution in [1.82, 2.24) is 0 Å². The largest absolute Gasteiger partial charge is 0.465 e. The van der Waals surface area contributed by atoms with Crippen molar-refractivity contribution in [2.24, 2.45) is 0 Å². The maximum atomic E-state index is 13.3. The van der Waals surface area contributed by atoms with Crippen LogP contribution >= 0.6 is 0 Å². The second-order valence-electron chi connectivity index (χ2n) is 5.22. The van der Waals surface area contributed by atoms with Gasteiger partial charge in [0.2, 0.25) is 0 Å². The number of alkyl halides is 13. The van der Waals surface area contributed by atoms with Gasteiger partial charge in [0.05, 0.1) is 13.0 Å². The van der Waals surface area contributed by atoms with Gasteiger partial charge in [0, 0.05) is 6.42 Å². The van der Waals surface area contributed by atoms with Crippen LogP contribution in [0.25, 0.3) is 0 Å². The minimum Gasteiger partial charge on any atom is -0.465 e. The molecule has 0 aliphatic carbocycles. The van der Waals surface area contributed by atoms with Crippen LogP contribution in [0, 0.1) is 0 Å². The summed E-state index contributed by atoms with van der Waals surface area (Å²) in [5.41, 5.74) is 0. The first-order chi connectivity index (χ1) is 11.7. The van der Waals surface area contributed by atoms with Crippen LogP contribution in [-0.2, 0) is 9.53 Å². The van der Waals surface area contributed by atoms with Crippen LogP contribution in [0.5, 0.6) is 0 Å². The fourth-order valence-corrected chi connectivity index (χ4v) is 1.53. The zero-order valence-electron chi connectivity index (χ0n) is 13.1. The van der Waals surface area contributed by atoms with Crippen molar-refractivity contribution < 1.29 is 66.6 Å². The van der Waals surface area contributed by atoms with Gasteiger partial charge in [0.25, 0.3) is 0 Å². The first-order valence-electron chi connectivity index (χ1n) is 6.82. The molecule has 0 saturated heterocycles. The summed E-state index contributed by atoms with van der Waals surface area (Å²) in [5.74, 6) is -38.3. The molecule has 27 heavy (non-hydrogen) atoms. The van der Waals surface area contributed by atoms with Crippen LogP contribution in [0.1, 0.15) is 26.2 Å². The zero-order chi connectivity index (χ0) is 22.1. The number of carbonyl (C=O) groups excluding carboxylic acids is 1. The third-order valence-corrected chi connectivity index (χ3v) is 3.13. The second kappa shape index (κ2) is 7.53. The molecule has 162 valence electrons. The Morgan fingerprint density at radius 3 is 1.48 bits per heavy atom. The maximum Gasteiger partial charge on any atom is 0.460 e. The SMILES string of the molecule is CCCC(=O)OCCC(F)(F)C(F)(F)C(F)(F)C(F)(F)C(F)(F)C(F)(F)F. The third kappa shape index (κ3) is 4.36. The molecule has 0 heterocycles. The highest BCUT2D eigenvalue weighted by molar-refractivity contribution is 5.69. The Balaban J connectivity index is 5.71. The molecule has 0 atom stereocenters. The standard InChI is InChI=1S/C12H11F13O2/c1-2-3-6(26)27-5-4-7(13,14)8(15,16)9(17,18)10(19,20)11(21,22)12(23,24)25/h2-5H2,1H3. The van der Waals surface area contributed by atoms with Crippen molar-refractivity contribution in [2.75, 3.05) is 6.61 Å². The summed E-state index contributed by atoms with van der Waals surface area (Å²) >= 11 is 0. The second-order valence-corrected chi connectivity index (χ2v) is 5.22. The predicted octanol–water partition coefficient (Wildman–Crippen LogP) is 5.46. The van der Waals surface area contributed by atoms with E-state index < -0.39 is 61.2 Å². The number of halogens is 13. The number of ether oxygens (including phenoxy) is 1. The van der Waals surface area contributed by atoms with Crippen molar-refractivity contribution in [3.63, 3.8) is 0 Å². The minimum absolute atomic E-state index is 0.0994. The van der Waals surface area contributed by atoms with Gasteiger partial charge >= 0.3 is 41.8 Å². The van der Waals surface area contributed by atoms with Crippen LogP contribution in [0.4, 0.5) is 57.1 Å². The smallest absolute Gasteiger partial charge is 0.460 e. The monoisotopic (exact) mass is 434 g/mol. The summed E-state index contributed by atoms with van der Waals surface area (Å²) in [6.07, 6.45) is -10.3. The van der Waals surface area contributed by atoms with E-state index in [1.807, 2.05) is 0 Å². The Labute approximate surface area is 142 Å². The van der Waals surface area contributed by atoms with E-state index in [2.05, 4.69) is 4.74 Å². The van der Waals surface area contributed by atoms with Crippen LogP contribution in [0.15, 0.2) is 0 Å². The number of carbonyl (C=O) groups is 1. The summed E-state index contributed by atoms with van der Waals surface area (Å²) in [6.45, 7) is -0.313. The lowest BCUT2D eigenvalue weighted by molar-refractivity contribution is -0.440. The molecule has 0 spiro atoms. The van der Waals surface area contributed by atoms with E-state index in [-0.39, 0.29) is 6.42 Å². The van der Waals surface area contributed by atoms with Gasteiger partial charge in [-0.3, -0.25) is 4.79 Å². The molecule has 15 heteroatoms. The van der Waals surface area contributed by atoms with Crippen molar-refractivity contribution in [1.29, 1.82) is 0 Å². The summed E-state index contributed by atoms with van der Waals surface area (Å²) < 4.78 is 170. The van der Waals surface area contributed by atoms with Gasteiger partial charge in [0.1, 0.15) is 0 Å². The van der Waals surface area contributed by atoms with E-state index in [0.29, 0.717) is 0 Å². The molecule has 0 bridgehead atoms. The molecule has 0 rings (SSSR count). The molecule has 0 unspecified atom stereocenters. The summed E-state index contributed by atoms with van der Waals surface area (Å²) in [5, 5.41) is 0. The molecule has 2 nitrogen and oxygen atoms in total. The molecule has 0 aromatic carbocycles. The highest BCUT2D eigenvalue weighted by Gasteiger charge is 2.90. The average molecular weight is 434 g/mol. The van der Waals surface area contributed by atoms with Gasteiger partial charge in [-0.25, -0.2) is 0 Å². The number of hydrogen-bond donors (Lipinski definition) is 0. The summed E-state index contributed by atoms with van der Waals surface area (Å²) in [7, 11) is 0. The fourth-order valence-electron chi connectivity index (χ4n) is 1.53. The van der Waals surface area contributed by atoms with Gasteiger partial charge in [-0.1, -0.05) is 6.92 Å². The van der Waals surface area contributed by atoms with Crippen LogP contribution in [0.2, 0.25) is 0 Å². The van der Waals surface area contributed by atoms with Crippen LogP contribution in [0.3, 0.4) is 0 Å². The van der Waals surface area contributed by atoms with Crippen molar-refractivity contribution in [2.45, 2.75) is 62.0 Å². The summed E-state index contributed by atoms with van der Waals surface area (Å²) in [6, 6.07) is 0. The lowest BCUT2D eigenvalue weighted by Gasteiger charge is -2.39. The van der Waals surface area contributed by atoms with E-state index in [0.717, 1.165) is 0 Å². The lowest BCUT2D eigenvalue weighted by Crippen LogP contribution is -2.70. The lowest BCUT2D eigenvalue weighted by atomic mass is 9.93. The van der Waals surface area contributed by atoms with Crippen molar-refractivity contribution in [3.8, 4) is 0 Å². The quantitative estimate of drug-likeness (QED) is 0.356. The molecule has 0 amide bonds. The first-order valence-corrected chi connectivity index (χ1v) is 6.82. The Hall–Kier alpha value is -1.44. The van der Waals surface area contributed by atoms with E-state index in [9.17, 15) is 61.9 Å². The zero-order valence-corrected chi connectivity index (χ0v) is 13.1. The van der Waals surface area contributed by atoms with Gasteiger partial charge in [-0.2, -0.15) is 57.1 Å². The van der Waals surface area contributed by atoms with E-state index >= 15 is 0 Å². The molecule has 0 fully saturated rings. The van der Waals surface area contributed by atoms with Gasteiger partial charge in [-0.15, -0.1) is 0 Å². The van der Waals surface area contributed by atoms with Gasteiger partial charge < -0.3 is 4.74 Å². The normalized spacial score (nSPS) is 15.0. The van der Waals surface area contributed by atoms with Crippen LogP contribution in [-0.4, -0.2) is 48.4 Å². The summed E-state index contributed by atoms with van der Waals surface area (Å²) in [4.78, 5) is 10.8. The average Bonchev–Trinajstić information content (AvgIpc) is 2.45. The first kappa shape index (κ1) is 25.6. The van der Waals surface area contributed by atoms with E-state index in [1.165, 1.54) is 6.92 Å². The minimum atomic E-state index is -7.93. The molecular weight excluding hydrogens is 423 g/mol. The third-order valence-electron chi connectivity index (χ3n) is 3.13. The maximum absolute atomic E-state index is 13.3. The van der Waals surface area contributed by atoms with Gasteiger partial charge in [-0.05, 0) is 6.42 Å². The molecule has 0 aliphatic heterocycles. The highest BCUT2D eigenvalue weighted by Crippen LogP contribution is 2.60. The predicted molar refractivity (Wildman–Crippen MR) is 61.3 cm³/mol. The van der Waals surface area contributed by atoms with Crippen molar-refractivity contribution in [3.05, 3.63) is 0 Å². The molecular formula is C12H11F13O2. The Morgan fingerprint density at radius 2 is 1.11 bits per heavy atom. The van der Waals surface area contributed by atoms with E-state index in [4.69, 9.17) is 0 Å². The fraction of sp³-hybridized carbons (Fsp3) is 0.917. The van der Waals surface area contributed by atoms with Crippen molar-refractivity contribution >= 4 is 5.97 Å².